The van der Waals surface area contributed by atoms with E-state index in [9.17, 15) is 9.59 Å². The number of hydrogen-bond acceptors (Lipinski definition) is 3. The molecule has 146 valence electrons. The highest BCUT2D eigenvalue weighted by molar-refractivity contribution is 6.31. The third-order valence-electron chi connectivity index (χ3n) is 5.38. The monoisotopic (exact) mass is 399 g/mol. The van der Waals surface area contributed by atoms with Gasteiger partial charge in [0.05, 0.1) is 5.69 Å². The van der Waals surface area contributed by atoms with E-state index in [4.69, 9.17) is 11.6 Å². The molecule has 0 unspecified atom stereocenters. The molecule has 0 saturated heterocycles. The Morgan fingerprint density at radius 1 is 1.11 bits per heavy atom. The predicted octanol–water partition coefficient (Wildman–Crippen LogP) is 3.13. The molecule has 0 fully saturated rings. The largest absolute Gasteiger partial charge is 0.332 e. The Balaban J connectivity index is 2.19. The Labute approximate surface area is 166 Å². The van der Waals surface area contributed by atoms with Gasteiger partial charge in [-0.05, 0) is 44.9 Å². The first kappa shape index (κ1) is 18.6. The van der Waals surface area contributed by atoms with Crippen LogP contribution in [0.25, 0.3) is 22.6 Å². The van der Waals surface area contributed by atoms with E-state index in [0.29, 0.717) is 34.9 Å². The molecule has 1 aromatic carbocycles. The minimum atomic E-state index is -0.348. The second-order valence-electron chi connectivity index (χ2n) is 7.16. The van der Waals surface area contributed by atoms with Crippen molar-refractivity contribution in [2.45, 2.75) is 40.7 Å². The zero-order chi connectivity index (χ0) is 20.3. The molecule has 0 amide bonds. The molecule has 0 aliphatic rings. The van der Waals surface area contributed by atoms with Gasteiger partial charge in [-0.2, -0.15) is 4.98 Å². The van der Waals surface area contributed by atoms with Crippen LogP contribution in [0.5, 0.6) is 0 Å². The van der Waals surface area contributed by atoms with Gasteiger partial charge in [-0.25, -0.2) is 4.79 Å². The third kappa shape index (κ3) is 2.39. The summed E-state index contributed by atoms with van der Waals surface area (Å²) < 4.78 is 6.53. The number of imidazole rings is 2. The fourth-order valence-corrected chi connectivity index (χ4v) is 3.88. The molecular formula is C20H22ClN5O2. The van der Waals surface area contributed by atoms with Gasteiger partial charge in [-0.1, -0.05) is 24.6 Å². The summed E-state index contributed by atoms with van der Waals surface area (Å²) in [7, 11) is 1.65. The molecule has 8 heteroatoms. The Hall–Kier alpha value is -2.80. The molecule has 0 spiro atoms. The van der Waals surface area contributed by atoms with Gasteiger partial charge >= 0.3 is 5.69 Å². The van der Waals surface area contributed by atoms with Crippen LogP contribution >= 0.6 is 11.6 Å². The third-order valence-corrected chi connectivity index (χ3v) is 5.79. The Morgan fingerprint density at radius 3 is 2.46 bits per heavy atom. The standard InChI is InChI=1S/C20H22ClN5O2/c1-6-9-24-18(27)16-17(23(5)20(24)28)22-19-25(12(3)13(4)26(16)19)14-8-7-11(2)15(21)10-14/h7-8,10H,6,9H2,1-5H3. The summed E-state index contributed by atoms with van der Waals surface area (Å²) in [6.45, 7) is 8.20. The van der Waals surface area contributed by atoms with Crippen LogP contribution in [0.1, 0.15) is 30.3 Å². The van der Waals surface area contributed by atoms with Crippen molar-refractivity contribution >= 4 is 28.5 Å². The van der Waals surface area contributed by atoms with Crippen molar-refractivity contribution < 1.29 is 0 Å². The minimum Gasteiger partial charge on any atom is -0.283 e. The molecule has 0 N–H and O–H groups in total. The van der Waals surface area contributed by atoms with Crippen molar-refractivity contribution in [2.75, 3.05) is 0 Å². The molecule has 4 aromatic rings. The number of halogens is 1. The Kier molecular flexibility index (Phi) is 4.23. The number of aromatic nitrogens is 5. The maximum atomic E-state index is 13.1. The van der Waals surface area contributed by atoms with Crippen LogP contribution in [0, 0.1) is 20.8 Å². The van der Waals surface area contributed by atoms with Crippen LogP contribution in [0.2, 0.25) is 5.02 Å². The number of fused-ring (bicyclic) bond motifs is 3. The first-order chi connectivity index (χ1) is 13.3. The highest BCUT2D eigenvalue weighted by atomic mass is 35.5. The Bertz CT molecular complexity index is 1370. The lowest BCUT2D eigenvalue weighted by atomic mass is 10.2. The average molecular weight is 400 g/mol. The number of benzene rings is 1. The van der Waals surface area contributed by atoms with Crippen LogP contribution < -0.4 is 11.2 Å². The summed E-state index contributed by atoms with van der Waals surface area (Å²) in [5.74, 6) is 0.589. The van der Waals surface area contributed by atoms with Crippen LogP contribution in [0.4, 0.5) is 0 Å². The number of hydrogen-bond donors (Lipinski definition) is 0. The first-order valence-electron chi connectivity index (χ1n) is 9.24. The summed E-state index contributed by atoms with van der Waals surface area (Å²) in [5, 5.41) is 0.662. The van der Waals surface area contributed by atoms with Crippen molar-refractivity contribution in [3.63, 3.8) is 0 Å². The molecule has 3 aromatic heterocycles. The van der Waals surface area contributed by atoms with Crippen molar-refractivity contribution in [3.05, 3.63) is 61.0 Å². The van der Waals surface area contributed by atoms with Crippen molar-refractivity contribution in [3.8, 4) is 5.69 Å². The Morgan fingerprint density at radius 2 is 1.82 bits per heavy atom. The topological polar surface area (TPSA) is 66.2 Å². The molecule has 0 aliphatic carbocycles. The molecule has 0 aliphatic heterocycles. The van der Waals surface area contributed by atoms with E-state index >= 15 is 0 Å². The zero-order valence-electron chi connectivity index (χ0n) is 16.6. The molecule has 7 nitrogen and oxygen atoms in total. The first-order valence-corrected chi connectivity index (χ1v) is 9.62. The summed E-state index contributed by atoms with van der Waals surface area (Å²) in [5.41, 5.74) is 3.85. The van der Waals surface area contributed by atoms with Crippen molar-refractivity contribution in [1.82, 2.24) is 23.1 Å². The SMILES string of the molecule is CCCn1c(=O)c2c(nc3n(-c4ccc(C)c(Cl)c4)c(C)c(C)n23)n(C)c1=O. The molecule has 0 radical (unpaired) electrons. The maximum Gasteiger partial charge on any atom is 0.332 e. The van der Waals surface area contributed by atoms with Gasteiger partial charge in [0.25, 0.3) is 5.56 Å². The molecule has 0 bridgehead atoms. The second-order valence-corrected chi connectivity index (χ2v) is 7.56. The lowest BCUT2D eigenvalue weighted by Gasteiger charge is -2.08. The highest BCUT2D eigenvalue weighted by Gasteiger charge is 2.23. The average Bonchev–Trinajstić information content (AvgIpc) is 3.16. The lowest BCUT2D eigenvalue weighted by molar-refractivity contribution is 0.592. The van der Waals surface area contributed by atoms with Gasteiger partial charge in [0.2, 0.25) is 5.78 Å². The van der Waals surface area contributed by atoms with Crippen molar-refractivity contribution in [1.29, 1.82) is 0 Å². The summed E-state index contributed by atoms with van der Waals surface area (Å²) in [4.78, 5) is 30.4. The number of nitrogens with zero attached hydrogens (tertiary/aromatic N) is 5. The van der Waals surface area contributed by atoms with E-state index in [1.165, 1.54) is 9.13 Å². The van der Waals surface area contributed by atoms with E-state index < -0.39 is 0 Å². The lowest BCUT2D eigenvalue weighted by Crippen LogP contribution is -2.39. The van der Waals surface area contributed by atoms with Gasteiger partial charge in [-0.3, -0.25) is 22.9 Å². The summed E-state index contributed by atoms with van der Waals surface area (Å²) >= 11 is 6.34. The van der Waals surface area contributed by atoms with Crippen LogP contribution in [-0.2, 0) is 13.6 Å². The van der Waals surface area contributed by atoms with Crippen LogP contribution in [0.15, 0.2) is 27.8 Å². The summed E-state index contributed by atoms with van der Waals surface area (Å²) in [6, 6.07) is 5.81. The van der Waals surface area contributed by atoms with Crippen LogP contribution in [-0.4, -0.2) is 23.1 Å². The van der Waals surface area contributed by atoms with Crippen molar-refractivity contribution in [2.24, 2.45) is 7.05 Å². The normalized spacial score (nSPS) is 11.8. The van der Waals surface area contributed by atoms with E-state index in [-0.39, 0.29) is 11.2 Å². The molecule has 0 atom stereocenters. The quantitative estimate of drug-likeness (QED) is 0.531. The zero-order valence-corrected chi connectivity index (χ0v) is 17.3. The maximum absolute atomic E-state index is 13.1. The smallest absolute Gasteiger partial charge is 0.283 e. The van der Waals surface area contributed by atoms with Gasteiger partial charge in [-0.15, -0.1) is 0 Å². The molecule has 3 heterocycles. The fourth-order valence-electron chi connectivity index (χ4n) is 3.70. The second kappa shape index (κ2) is 6.38. The molecular weight excluding hydrogens is 378 g/mol. The van der Waals surface area contributed by atoms with E-state index in [0.717, 1.165) is 22.6 Å². The van der Waals surface area contributed by atoms with Gasteiger partial charge in [0.15, 0.2) is 11.2 Å². The number of rotatable bonds is 3. The number of aryl methyl sites for hydroxylation is 3. The van der Waals surface area contributed by atoms with Gasteiger partial charge < -0.3 is 0 Å². The van der Waals surface area contributed by atoms with E-state index in [1.54, 1.807) is 7.05 Å². The van der Waals surface area contributed by atoms with Gasteiger partial charge in [0, 0.05) is 30.0 Å². The molecule has 28 heavy (non-hydrogen) atoms. The minimum absolute atomic E-state index is 0.311. The fraction of sp³-hybridized carbons (Fsp3) is 0.350. The highest BCUT2D eigenvalue weighted by Crippen LogP contribution is 2.27. The summed E-state index contributed by atoms with van der Waals surface area (Å²) in [6.07, 6.45) is 0.698. The van der Waals surface area contributed by atoms with Gasteiger partial charge in [0.1, 0.15) is 0 Å². The van der Waals surface area contributed by atoms with E-state index in [1.807, 2.05) is 54.9 Å². The molecule has 4 rings (SSSR count). The predicted molar refractivity (Wildman–Crippen MR) is 111 cm³/mol. The molecule has 0 saturated carbocycles. The van der Waals surface area contributed by atoms with Crippen LogP contribution in [0.3, 0.4) is 0 Å². The van der Waals surface area contributed by atoms with E-state index in [2.05, 4.69) is 4.98 Å².